The number of nitrogens with zero attached hydrogens (tertiary/aromatic N) is 5. The maximum atomic E-state index is 13.7. The first-order chi connectivity index (χ1) is 18.3. The van der Waals surface area contributed by atoms with Crippen molar-refractivity contribution < 1.29 is 21.8 Å². The second-order valence-corrected chi connectivity index (χ2v) is 10.8. The molecular formula is C27H26FN5O4S. The lowest BCUT2D eigenvalue weighted by Gasteiger charge is -2.34. The summed E-state index contributed by atoms with van der Waals surface area (Å²) in [7, 11) is -4.97. The summed E-state index contributed by atoms with van der Waals surface area (Å²) in [6, 6.07) is 18.6. The number of amides is 1. The van der Waals surface area contributed by atoms with Gasteiger partial charge in [0.2, 0.25) is 0 Å². The van der Waals surface area contributed by atoms with Crippen LogP contribution in [-0.4, -0.2) is 57.1 Å². The molecule has 0 bridgehead atoms. The highest BCUT2D eigenvalue weighted by atomic mass is 32.3. The van der Waals surface area contributed by atoms with E-state index in [-0.39, 0.29) is 24.3 Å². The molecule has 2 aliphatic rings. The Morgan fingerprint density at radius 3 is 2.24 bits per heavy atom. The minimum Gasteiger partial charge on any atom is -0.448 e. The third-order valence-electron chi connectivity index (χ3n) is 7.26. The lowest BCUT2D eigenvalue weighted by atomic mass is 9.98. The van der Waals surface area contributed by atoms with Crippen molar-refractivity contribution in [2.45, 2.75) is 24.3 Å². The molecule has 38 heavy (non-hydrogen) atoms. The fourth-order valence-electron chi connectivity index (χ4n) is 5.20. The molecular weight excluding hydrogens is 509 g/mol. The average molecular weight is 536 g/mol. The molecule has 0 aromatic heterocycles. The smallest absolute Gasteiger partial charge is 0.409 e. The van der Waals surface area contributed by atoms with E-state index in [0.29, 0.717) is 43.9 Å². The maximum absolute atomic E-state index is 13.7. The minimum absolute atomic E-state index is 0.0139. The Balaban J connectivity index is 1.21. The number of piperazine rings is 1. The van der Waals surface area contributed by atoms with E-state index in [0.717, 1.165) is 17.2 Å². The number of hydrogen-bond acceptors (Lipinski definition) is 6. The van der Waals surface area contributed by atoms with Crippen molar-refractivity contribution in [1.29, 1.82) is 0 Å². The zero-order valence-corrected chi connectivity index (χ0v) is 21.6. The molecule has 0 spiro atoms. The van der Waals surface area contributed by atoms with E-state index in [1.165, 1.54) is 17.2 Å². The molecule has 9 nitrogen and oxygen atoms in total. The molecule has 3 aromatic rings. The molecule has 1 aliphatic heterocycles. The second-order valence-electron chi connectivity index (χ2n) is 9.42. The van der Waals surface area contributed by atoms with Gasteiger partial charge in [-0.2, -0.15) is 8.42 Å². The van der Waals surface area contributed by atoms with Crippen molar-refractivity contribution >= 4 is 22.0 Å². The number of carbonyl (C=O) groups excluding carboxylic acids is 1. The van der Waals surface area contributed by atoms with Crippen LogP contribution in [0.2, 0.25) is 0 Å². The van der Waals surface area contributed by atoms with E-state index in [4.69, 9.17) is 10.3 Å². The van der Waals surface area contributed by atoms with Gasteiger partial charge in [0.15, 0.2) is 0 Å². The summed E-state index contributed by atoms with van der Waals surface area (Å²) < 4.78 is 42.4. The van der Waals surface area contributed by atoms with Gasteiger partial charge in [-0.3, -0.25) is 4.90 Å². The Bertz CT molecular complexity index is 1500. The molecule has 1 aliphatic carbocycles. The summed E-state index contributed by atoms with van der Waals surface area (Å²) in [4.78, 5) is 18.8. The van der Waals surface area contributed by atoms with Crippen LogP contribution in [0.15, 0.2) is 70.7 Å². The van der Waals surface area contributed by atoms with Crippen LogP contribution in [0, 0.1) is 6.92 Å². The largest absolute Gasteiger partial charge is 0.448 e. The molecule has 1 amide bonds. The van der Waals surface area contributed by atoms with Crippen LogP contribution >= 0.6 is 0 Å². The van der Waals surface area contributed by atoms with Gasteiger partial charge < -0.3 is 9.64 Å². The number of carbonyl (C=O) groups is 1. The first-order valence-electron chi connectivity index (χ1n) is 12.2. The van der Waals surface area contributed by atoms with Crippen LogP contribution in [0.3, 0.4) is 0 Å². The van der Waals surface area contributed by atoms with Gasteiger partial charge in [-0.25, -0.2) is 4.79 Å². The first-order valence-corrected chi connectivity index (χ1v) is 13.6. The predicted molar refractivity (Wildman–Crippen MR) is 140 cm³/mol. The van der Waals surface area contributed by atoms with Crippen LogP contribution in [-0.2, 0) is 21.5 Å². The molecule has 1 heterocycles. The molecule has 11 heteroatoms. The molecule has 0 atom stereocenters. The van der Waals surface area contributed by atoms with E-state index in [1.807, 2.05) is 29.2 Å². The van der Waals surface area contributed by atoms with Crippen LogP contribution in [0.4, 0.5) is 14.4 Å². The standard InChI is InChI=1S/C27H26FN5O4S/c1-18-19(14-20(38(28,35)36)15-26(18)30-31-29)16-32-10-12-33(13-11-32)27(34)37-17-25-23-8-4-2-6-21(23)22-7-3-5-9-24(22)25/h2-9,14-15,25H,10-13,16-17H2,1H3. The quantitative estimate of drug-likeness (QED) is 0.175. The SMILES string of the molecule is Cc1c(CN2CCN(C(=O)OCC3c4ccccc4-c4ccccc43)CC2)cc(S(=O)(=O)F)cc1N=[N+]=[N-]. The average Bonchev–Trinajstić information content (AvgIpc) is 3.23. The number of rotatable bonds is 6. The molecule has 0 N–H and O–H groups in total. The zero-order chi connectivity index (χ0) is 26.9. The van der Waals surface area contributed by atoms with E-state index in [9.17, 15) is 17.1 Å². The summed E-state index contributed by atoms with van der Waals surface area (Å²) in [6.07, 6.45) is -0.376. The van der Waals surface area contributed by atoms with Crippen molar-refractivity contribution in [2.75, 3.05) is 32.8 Å². The monoisotopic (exact) mass is 535 g/mol. The zero-order valence-electron chi connectivity index (χ0n) is 20.7. The fourth-order valence-corrected chi connectivity index (χ4v) is 5.74. The third kappa shape index (κ3) is 5.08. The molecule has 1 fully saturated rings. The van der Waals surface area contributed by atoms with Crippen molar-refractivity contribution in [3.05, 3.63) is 93.4 Å². The highest BCUT2D eigenvalue weighted by Crippen LogP contribution is 2.44. The second kappa shape index (κ2) is 10.4. The summed E-state index contributed by atoms with van der Waals surface area (Å²) >= 11 is 0. The van der Waals surface area contributed by atoms with E-state index in [2.05, 4.69) is 34.3 Å². The van der Waals surface area contributed by atoms with Crippen LogP contribution in [0.1, 0.15) is 28.2 Å². The number of benzene rings is 3. The predicted octanol–water partition coefficient (Wildman–Crippen LogP) is 5.66. The number of hydrogen-bond donors (Lipinski definition) is 0. The Morgan fingerprint density at radius 1 is 1.05 bits per heavy atom. The number of azide groups is 1. The Labute approximate surface area is 220 Å². The topological polar surface area (TPSA) is 116 Å². The number of fused-ring (bicyclic) bond motifs is 3. The third-order valence-corrected chi connectivity index (χ3v) is 8.05. The minimum atomic E-state index is -4.97. The highest BCUT2D eigenvalue weighted by Gasteiger charge is 2.30. The maximum Gasteiger partial charge on any atom is 0.409 e. The van der Waals surface area contributed by atoms with Crippen molar-refractivity contribution in [1.82, 2.24) is 9.80 Å². The molecule has 196 valence electrons. The van der Waals surface area contributed by atoms with Crippen LogP contribution in [0.25, 0.3) is 21.6 Å². The summed E-state index contributed by atoms with van der Waals surface area (Å²) in [6.45, 7) is 4.17. The lowest BCUT2D eigenvalue weighted by Crippen LogP contribution is -2.48. The van der Waals surface area contributed by atoms with Gasteiger partial charge in [-0.05, 0) is 58.0 Å². The van der Waals surface area contributed by atoms with Crippen molar-refractivity contribution in [2.24, 2.45) is 5.11 Å². The lowest BCUT2D eigenvalue weighted by molar-refractivity contribution is 0.0728. The molecule has 1 saturated heterocycles. The summed E-state index contributed by atoms with van der Waals surface area (Å²) in [5.41, 5.74) is 14.6. The van der Waals surface area contributed by atoms with Crippen LogP contribution in [0.5, 0.6) is 0 Å². The number of halogens is 1. The van der Waals surface area contributed by atoms with Gasteiger partial charge in [-0.1, -0.05) is 53.6 Å². The van der Waals surface area contributed by atoms with Crippen molar-refractivity contribution in [3.63, 3.8) is 0 Å². The normalized spacial score (nSPS) is 15.5. The van der Waals surface area contributed by atoms with Gasteiger partial charge in [-0.15, -0.1) is 3.89 Å². The van der Waals surface area contributed by atoms with Crippen molar-refractivity contribution in [3.8, 4) is 11.1 Å². The summed E-state index contributed by atoms with van der Waals surface area (Å²) in [5, 5.41) is 3.51. The molecule has 0 unspecified atom stereocenters. The molecule has 0 radical (unpaired) electrons. The fraction of sp³-hybridized carbons (Fsp3) is 0.296. The van der Waals surface area contributed by atoms with E-state index >= 15 is 0 Å². The molecule has 3 aromatic carbocycles. The molecule has 0 saturated carbocycles. The number of ether oxygens (including phenoxy) is 1. The van der Waals surface area contributed by atoms with Crippen LogP contribution < -0.4 is 0 Å². The van der Waals surface area contributed by atoms with Gasteiger partial charge in [0.05, 0.1) is 4.90 Å². The summed E-state index contributed by atoms with van der Waals surface area (Å²) in [5.74, 6) is -0.0139. The Morgan fingerprint density at radius 2 is 1.66 bits per heavy atom. The Kier molecular flexibility index (Phi) is 7.07. The highest BCUT2D eigenvalue weighted by molar-refractivity contribution is 7.86. The first kappa shape index (κ1) is 25.7. The van der Waals surface area contributed by atoms with Gasteiger partial charge in [0.25, 0.3) is 0 Å². The van der Waals surface area contributed by atoms with Gasteiger partial charge in [0.1, 0.15) is 6.61 Å². The Hall–Kier alpha value is -3.92. The van der Waals surface area contributed by atoms with E-state index in [1.54, 1.807) is 11.8 Å². The van der Waals surface area contributed by atoms with E-state index < -0.39 is 15.1 Å². The molecule has 5 rings (SSSR count). The van der Waals surface area contributed by atoms with Gasteiger partial charge in [0, 0.05) is 49.2 Å². The van der Waals surface area contributed by atoms with Gasteiger partial charge >= 0.3 is 16.3 Å².